The first-order chi connectivity index (χ1) is 17.4. The van der Waals surface area contributed by atoms with E-state index in [1.54, 1.807) is 79.9 Å². The Morgan fingerprint density at radius 1 is 0.889 bits per heavy atom. The highest BCUT2D eigenvalue weighted by atomic mass is 32.1. The van der Waals surface area contributed by atoms with Crippen molar-refractivity contribution >= 4 is 52.1 Å². The van der Waals surface area contributed by atoms with Gasteiger partial charge < -0.3 is 15.4 Å². The summed E-state index contributed by atoms with van der Waals surface area (Å²) in [7, 11) is 1.55. The van der Waals surface area contributed by atoms with Crippen molar-refractivity contribution in [1.29, 1.82) is 0 Å². The number of aromatic nitrogens is 2. The van der Waals surface area contributed by atoms with Crippen LogP contribution in [-0.2, 0) is 4.79 Å². The molecule has 0 aliphatic heterocycles. The molecule has 0 aliphatic carbocycles. The summed E-state index contributed by atoms with van der Waals surface area (Å²) in [6.07, 6.45) is 0. The number of rotatable bonds is 8. The zero-order valence-electron chi connectivity index (χ0n) is 19.0. The van der Waals surface area contributed by atoms with Crippen molar-refractivity contribution < 1.29 is 19.1 Å². The van der Waals surface area contributed by atoms with Gasteiger partial charge in [-0.05, 0) is 66.3 Å². The van der Waals surface area contributed by atoms with Crippen LogP contribution in [0.2, 0.25) is 0 Å². The molecule has 1 unspecified atom stereocenters. The van der Waals surface area contributed by atoms with E-state index in [4.69, 9.17) is 17.0 Å². The minimum Gasteiger partial charge on any atom is -0.497 e. The summed E-state index contributed by atoms with van der Waals surface area (Å²) in [5, 5.41) is 15.1. The summed E-state index contributed by atoms with van der Waals surface area (Å²) in [4.78, 5) is 38.4. The smallest absolute Gasteiger partial charge is 0.255 e. The molecule has 0 bridgehead atoms. The van der Waals surface area contributed by atoms with Crippen LogP contribution in [0.4, 0.5) is 10.8 Å². The van der Waals surface area contributed by atoms with E-state index in [0.717, 1.165) is 11.3 Å². The minimum absolute atomic E-state index is 0.294. The van der Waals surface area contributed by atoms with E-state index in [-0.39, 0.29) is 5.91 Å². The van der Waals surface area contributed by atoms with Crippen LogP contribution in [-0.4, -0.2) is 35.0 Å². The van der Waals surface area contributed by atoms with E-state index in [1.165, 1.54) is 0 Å². The monoisotopic (exact) mass is 519 g/mol. The van der Waals surface area contributed by atoms with Gasteiger partial charge in [0, 0.05) is 16.8 Å². The predicted octanol–water partition coefficient (Wildman–Crippen LogP) is 4.57. The van der Waals surface area contributed by atoms with Crippen molar-refractivity contribution in [2.45, 2.75) is 6.04 Å². The van der Waals surface area contributed by atoms with E-state index in [2.05, 4.69) is 26.1 Å². The number of hydrogen-bond donors (Lipinski definition) is 4. The summed E-state index contributed by atoms with van der Waals surface area (Å²) < 4.78 is 5.52. The Bertz CT molecular complexity index is 1420. The maximum Gasteiger partial charge on any atom is 0.255 e. The van der Waals surface area contributed by atoms with Gasteiger partial charge in [-0.2, -0.15) is 0 Å². The zero-order valence-corrected chi connectivity index (χ0v) is 20.6. The molecule has 1 atom stereocenters. The first kappa shape index (κ1) is 24.8. The summed E-state index contributed by atoms with van der Waals surface area (Å²) in [5.41, 5.74) is 1.91. The molecular formula is C25H21N5O4S2. The van der Waals surface area contributed by atoms with Crippen LogP contribution < -0.4 is 20.7 Å². The Kier molecular flexibility index (Phi) is 7.83. The highest BCUT2D eigenvalue weighted by Gasteiger charge is 2.24. The first-order valence-electron chi connectivity index (χ1n) is 10.7. The SMILES string of the molecule is COc1ccc(C(=O)Nc2ccc(C(=O)NC(C(=O)Nc3n[nH]c(=S)s3)c3ccccc3)cc2)cc1. The van der Waals surface area contributed by atoms with Gasteiger partial charge in [0.15, 0.2) is 3.95 Å². The number of carbonyl (C=O) groups excluding carboxylic acids is 3. The van der Waals surface area contributed by atoms with Gasteiger partial charge in [0.25, 0.3) is 17.7 Å². The Labute approximate surface area is 215 Å². The third-order valence-electron chi connectivity index (χ3n) is 5.10. The average molecular weight is 520 g/mol. The van der Waals surface area contributed by atoms with Crippen LogP contribution >= 0.6 is 23.6 Å². The topological polar surface area (TPSA) is 125 Å². The highest BCUT2D eigenvalue weighted by molar-refractivity contribution is 7.73. The van der Waals surface area contributed by atoms with Crippen LogP contribution in [0.15, 0.2) is 78.9 Å². The minimum atomic E-state index is -0.967. The lowest BCUT2D eigenvalue weighted by molar-refractivity contribution is -0.118. The number of carbonyl (C=O) groups is 3. The van der Waals surface area contributed by atoms with Gasteiger partial charge in [-0.25, -0.2) is 0 Å². The molecule has 36 heavy (non-hydrogen) atoms. The molecule has 0 radical (unpaired) electrons. The van der Waals surface area contributed by atoms with Crippen LogP contribution in [0.1, 0.15) is 32.3 Å². The summed E-state index contributed by atoms with van der Waals surface area (Å²) >= 11 is 6.11. The Balaban J connectivity index is 1.45. The average Bonchev–Trinajstić information content (AvgIpc) is 3.32. The fraction of sp³-hybridized carbons (Fsp3) is 0.0800. The van der Waals surface area contributed by atoms with Crippen LogP contribution in [0.5, 0.6) is 5.75 Å². The standard InChI is InChI=1S/C25H21N5O4S2/c1-34-19-13-9-17(10-14-19)21(31)26-18-11-7-16(8-12-18)22(32)27-20(15-5-3-2-4-6-15)23(33)28-24-29-30-25(35)36-24/h2-14,20H,1H3,(H,26,31)(H,27,32)(H,30,35)(H,28,29,33). The number of nitrogens with one attached hydrogen (secondary N) is 4. The molecule has 182 valence electrons. The predicted molar refractivity (Wildman–Crippen MR) is 140 cm³/mol. The molecule has 0 aliphatic rings. The molecule has 1 heterocycles. The van der Waals surface area contributed by atoms with Gasteiger partial charge in [-0.15, -0.1) is 5.10 Å². The van der Waals surface area contributed by atoms with Gasteiger partial charge >= 0.3 is 0 Å². The molecule has 0 saturated carbocycles. The zero-order chi connectivity index (χ0) is 25.5. The second kappa shape index (κ2) is 11.4. The maximum absolute atomic E-state index is 13.0. The second-order valence-electron chi connectivity index (χ2n) is 7.48. The van der Waals surface area contributed by atoms with E-state index < -0.39 is 17.9 Å². The third-order valence-corrected chi connectivity index (χ3v) is 6.10. The molecule has 9 nitrogen and oxygen atoms in total. The van der Waals surface area contributed by atoms with E-state index in [1.807, 2.05) is 6.07 Å². The quantitative estimate of drug-likeness (QED) is 0.253. The number of anilines is 2. The molecule has 4 N–H and O–H groups in total. The Morgan fingerprint density at radius 2 is 1.53 bits per heavy atom. The summed E-state index contributed by atoms with van der Waals surface area (Å²) in [6, 6.07) is 21.0. The second-order valence-corrected chi connectivity index (χ2v) is 9.15. The molecule has 1 aromatic heterocycles. The van der Waals surface area contributed by atoms with Crippen molar-refractivity contribution in [3.63, 3.8) is 0 Å². The largest absolute Gasteiger partial charge is 0.497 e. The summed E-state index contributed by atoms with van der Waals surface area (Å²) in [6.45, 7) is 0. The molecule has 3 aromatic carbocycles. The normalized spacial score (nSPS) is 11.2. The van der Waals surface area contributed by atoms with E-state index >= 15 is 0 Å². The van der Waals surface area contributed by atoms with Crippen LogP contribution in [0, 0.1) is 3.95 Å². The maximum atomic E-state index is 13.0. The molecule has 3 amide bonds. The van der Waals surface area contributed by atoms with Crippen LogP contribution in [0.3, 0.4) is 0 Å². The number of hydrogen-bond acceptors (Lipinski definition) is 7. The van der Waals surface area contributed by atoms with Gasteiger partial charge in [0.05, 0.1) is 7.11 Å². The number of H-pyrrole nitrogens is 1. The molecule has 11 heteroatoms. The summed E-state index contributed by atoms with van der Waals surface area (Å²) in [5.74, 6) is -0.561. The van der Waals surface area contributed by atoms with Crippen molar-refractivity contribution in [3.05, 3.63) is 99.5 Å². The van der Waals surface area contributed by atoms with Crippen molar-refractivity contribution in [3.8, 4) is 5.75 Å². The van der Waals surface area contributed by atoms with Crippen molar-refractivity contribution in [2.24, 2.45) is 0 Å². The molecule has 4 aromatic rings. The number of methoxy groups -OCH3 is 1. The van der Waals surface area contributed by atoms with E-state index in [0.29, 0.717) is 37.2 Å². The number of ether oxygens (including phenoxy) is 1. The van der Waals surface area contributed by atoms with Gasteiger partial charge in [-0.1, -0.05) is 41.7 Å². The molecular weight excluding hydrogens is 498 g/mol. The lowest BCUT2D eigenvalue weighted by Crippen LogP contribution is -2.37. The first-order valence-corrected chi connectivity index (χ1v) is 11.9. The fourth-order valence-electron chi connectivity index (χ4n) is 3.27. The molecule has 4 rings (SSSR count). The highest BCUT2D eigenvalue weighted by Crippen LogP contribution is 2.19. The number of nitrogens with zero attached hydrogens (tertiary/aromatic N) is 1. The van der Waals surface area contributed by atoms with Gasteiger partial charge in [0.1, 0.15) is 11.8 Å². The third kappa shape index (κ3) is 6.20. The number of aromatic amines is 1. The lowest BCUT2D eigenvalue weighted by Gasteiger charge is -2.18. The number of benzene rings is 3. The fourth-order valence-corrected chi connectivity index (χ4v) is 4.06. The molecule has 0 fully saturated rings. The van der Waals surface area contributed by atoms with Gasteiger partial charge in [-0.3, -0.25) is 24.8 Å². The molecule has 0 saturated heterocycles. The van der Waals surface area contributed by atoms with Crippen LogP contribution in [0.25, 0.3) is 0 Å². The molecule has 0 spiro atoms. The number of amides is 3. The Morgan fingerprint density at radius 3 is 2.14 bits per heavy atom. The van der Waals surface area contributed by atoms with Gasteiger partial charge in [0.2, 0.25) is 5.13 Å². The lowest BCUT2D eigenvalue weighted by atomic mass is 10.1. The van der Waals surface area contributed by atoms with Crippen molar-refractivity contribution in [2.75, 3.05) is 17.7 Å². The van der Waals surface area contributed by atoms with E-state index in [9.17, 15) is 14.4 Å². The van der Waals surface area contributed by atoms with Crippen molar-refractivity contribution in [1.82, 2.24) is 15.5 Å². The Hall–Kier alpha value is -4.35.